The van der Waals surface area contributed by atoms with Crippen molar-refractivity contribution in [3.8, 4) is 5.75 Å². The van der Waals surface area contributed by atoms with Gasteiger partial charge in [-0.1, -0.05) is 21.1 Å². The van der Waals surface area contributed by atoms with Crippen LogP contribution in [0.1, 0.15) is 5.56 Å². The molecule has 0 bridgehead atoms. The third kappa shape index (κ3) is 2.50. The fourth-order valence-corrected chi connectivity index (χ4v) is 1.33. The molecule has 78 valence electrons. The largest absolute Gasteiger partial charge is 0.489 e. The van der Waals surface area contributed by atoms with Crippen LogP contribution in [0.4, 0.5) is 5.88 Å². The third-order valence-corrected chi connectivity index (χ3v) is 2.41. The predicted molar refractivity (Wildman–Crippen MR) is 59.4 cm³/mol. The van der Waals surface area contributed by atoms with E-state index >= 15 is 0 Å². The van der Waals surface area contributed by atoms with Crippen LogP contribution < -0.4 is 10.5 Å². The molecule has 0 aliphatic heterocycles. The molecule has 0 amide bonds. The predicted octanol–water partition coefficient (Wildman–Crippen LogP) is 2.60. The van der Waals surface area contributed by atoms with E-state index in [-0.39, 0.29) is 0 Å². The zero-order valence-corrected chi connectivity index (χ0v) is 9.40. The zero-order chi connectivity index (χ0) is 10.7. The van der Waals surface area contributed by atoms with E-state index < -0.39 is 0 Å². The lowest BCUT2D eigenvalue weighted by Crippen LogP contribution is -1.97. The van der Waals surface area contributed by atoms with E-state index in [1.54, 1.807) is 6.20 Å². The molecule has 0 atom stereocenters. The molecule has 0 saturated heterocycles. The van der Waals surface area contributed by atoms with Gasteiger partial charge in [0, 0.05) is 4.47 Å². The highest BCUT2D eigenvalue weighted by atomic mass is 79.9. The molecule has 0 unspecified atom stereocenters. The smallest absolute Gasteiger partial charge is 0.228 e. The first-order valence-corrected chi connectivity index (χ1v) is 5.12. The Morgan fingerprint density at radius 3 is 2.67 bits per heavy atom. The molecule has 2 aromatic rings. The van der Waals surface area contributed by atoms with Crippen molar-refractivity contribution in [3.05, 3.63) is 40.5 Å². The highest BCUT2D eigenvalue weighted by molar-refractivity contribution is 9.10. The van der Waals surface area contributed by atoms with Crippen LogP contribution in [-0.4, -0.2) is 5.16 Å². The van der Waals surface area contributed by atoms with Gasteiger partial charge >= 0.3 is 0 Å². The molecular weight excluding hydrogens is 260 g/mol. The van der Waals surface area contributed by atoms with E-state index in [9.17, 15) is 0 Å². The molecule has 0 spiro atoms. The fourth-order valence-electron chi connectivity index (χ4n) is 1.07. The van der Waals surface area contributed by atoms with Crippen LogP contribution in [-0.2, 0) is 6.61 Å². The van der Waals surface area contributed by atoms with Crippen LogP contribution in [0.3, 0.4) is 0 Å². The molecule has 1 aromatic carbocycles. The van der Waals surface area contributed by atoms with Crippen molar-refractivity contribution in [2.45, 2.75) is 6.61 Å². The lowest BCUT2D eigenvalue weighted by molar-refractivity contribution is 0.306. The van der Waals surface area contributed by atoms with Gasteiger partial charge in [-0.15, -0.1) is 0 Å². The molecule has 4 nitrogen and oxygen atoms in total. The normalized spacial score (nSPS) is 10.2. The average molecular weight is 269 g/mol. The molecule has 1 aromatic heterocycles. The summed E-state index contributed by atoms with van der Waals surface area (Å²) < 4.78 is 11.2. The molecule has 2 N–H and O–H groups in total. The second kappa shape index (κ2) is 4.35. The first kappa shape index (κ1) is 10.0. The molecular formula is C10H9BrN2O2. The van der Waals surface area contributed by atoms with Gasteiger partial charge in [-0.3, -0.25) is 0 Å². The van der Waals surface area contributed by atoms with Gasteiger partial charge in [-0.25, -0.2) is 0 Å². The average Bonchev–Trinajstić information content (AvgIpc) is 2.63. The number of rotatable bonds is 3. The van der Waals surface area contributed by atoms with Gasteiger partial charge in [-0.2, -0.15) is 0 Å². The number of aromatic nitrogens is 1. The summed E-state index contributed by atoms with van der Waals surface area (Å²) in [6.07, 6.45) is 1.55. The number of nitrogens with zero attached hydrogens (tertiary/aromatic N) is 1. The van der Waals surface area contributed by atoms with E-state index in [1.165, 1.54) is 0 Å². The Balaban J connectivity index is 1.99. The van der Waals surface area contributed by atoms with Crippen LogP contribution in [0.25, 0.3) is 0 Å². The van der Waals surface area contributed by atoms with Crippen LogP contribution in [0.15, 0.2) is 39.5 Å². The standard InChI is InChI=1S/C10H9BrN2O2/c11-8-1-3-9(4-2-8)14-6-7-5-13-15-10(7)12/h1-5H,6,12H2. The Labute approximate surface area is 95.1 Å². The third-order valence-electron chi connectivity index (χ3n) is 1.88. The van der Waals surface area contributed by atoms with Crippen LogP contribution in [0.2, 0.25) is 0 Å². The van der Waals surface area contributed by atoms with Crippen molar-refractivity contribution in [2.24, 2.45) is 0 Å². The van der Waals surface area contributed by atoms with E-state index in [4.69, 9.17) is 15.0 Å². The van der Waals surface area contributed by atoms with Gasteiger partial charge in [0.25, 0.3) is 0 Å². The highest BCUT2D eigenvalue weighted by Crippen LogP contribution is 2.18. The molecule has 1 heterocycles. The van der Waals surface area contributed by atoms with Gasteiger partial charge in [0.2, 0.25) is 5.88 Å². The highest BCUT2D eigenvalue weighted by Gasteiger charge is 2.04. The topological polar surface area (TPSA) is 61.3 Å². The van der Waals surface area contributed by atoms with E-state index in [0.717, 1.165) is 15.8 Å². The molecule has 15 heavy (non-hydrogen) atoms. The van der Waals surface area contributed by atoms with Crippen molar-refractivity contribution in [3.63, 3.8) is 0 Å². The number of anilines is 1. The summed E-state index contributed by atoms with van der Waals surface area (Å²) in [4.78, 5) is 0. The zero-order valence-electron chi connectivity index (χ0n) is 7.81. The van der Waals surface area contributed by atoms with Gasteiger partial charge in [-0.05, 0) is 24.3 Å². The number of halogens is 1. The minimum atomic E-state index is 0.298. The van der Waals surface area contributed by atoms with Gasteiger partial charge in [0.05, 0.1) is 11.8 Å². The SMILES string of the molecule is Nc1oncc1COc1ccc(Br)cc1. The number of ether oxygens (including phenoxy) is 1. The Hall–Kier alpha value is -1.49. The summed E-state index contributed by atoms with van der Waals surface area (Å²) in [5, 5.41) is 3.56. The maximum Gasteiger partial charge on any atom is 0.228 e. The molecule has 0 fully saturated rings. The van der Waals surface area contributed by atoms with E-state index in [2.05, 4.69) is 21.1 Å². The number of hydrogen-bond donors (Lipinski definition) is 1. The molecule has 5 heteroatoms. The van der Waals surface area contributed by atoms with E-state index in [1.807, 2.05) is 24.3 Å². The quantitative estimate of drug-likeness (QED) is 0.930. The first-order valence-electron chi connectivity index (χ1n) is 4.33. The lowest BCUT2D eigenvalue weighted by Gasteiger charge is -2.04. The molecule has 0 saturated carbocycles. The molecule has 0 aliphatic carbocycles. The van der Waals surface area contributed by atoms with Crippen LogP contribution in [0, 0.1) is 0 Å². The van der Waals surface area contributed by atoms with Gasteiger partial charge < -0.3 is 15.0 Å². The van der Waals surface area contributed by atoms with Gasteiger partial charge in [0.1, 0.15) is 12.4 Å². The minimum absolute atomic E-state index is 0.298. The number of hydrogen-bond acceptors (Lipinski definition) is 4. The van der Waals surface area contributed by atoms with Crippen molar-refractivity contribution < 1.29 is 9.26 Å². The fraction of sp³-hybridized carbons (Fsp3) is 0.100. The lowest BCUT2D eigenvalue weighted by atomic mass is 10.3. The maximum absolute atomic E-state index is 5.51. The summed E-state index contributed by atoms with van der Waals surface area (Å²) in [6, 6.07) is 7.56. The van der Waals surface area contributed by atoms with Crippen molar-refractivity contribution in [1.82, 2.24) is 5.16 Å². The number of benzene rings is 1. The second-order valence-electron chi connectivity index (χ2n) is 2.96. The summed E-state index contributed by atoms with van der Waals surface area (Å²) in [5.41, 5.74) is 6.26. The molecule has 0 radical (unpaired) electrons. The maximum atomic E-state index is 5.51. The Morgan fingerprint density at radius 1 is 1.33 bits per heavy atom. The summed E-state index contributed by atoms with van der Waals surface area (Å²) >= 11 is 3.35. The summed E-state index contributed by atoms with van der Waals surface area (Å²) in [7, 11) is 0. The number of nitrogen functional groups attached to an aromatic ring is 1. The van der Waals surface area contributed by atoms with Gasteiger partial charge in [0.15, 0.2) is 0 Å². The second-order valence-corrected chi connectivity index (χ2v) is 3.87. The Bertz CT molecular complexity index is 439. The number of nitrogens with two attached hydrogens (primary N) is 1. The van der Waals surface area contributed by atoms with Crippen molar-refractivity contribution >= 4 is 21.8 Å². The van der Waals surface area contributed by atoms with Crippen LogP contribution in [0.5, 0.6) is 5.75 Å². The van der Waals surface area contributed by atoms with E-state index in [0.29, 0.717) is 12.5 Å². The molecule has 2 rings (SSSR count). The van der Waals surface area contributed by atoms with Crippen molar-refractivity contribution in [2.75, 3.05) is 5.73 Å². The Kier molecular flexibility index (Phi) is 2.91. The summed E-state index contributed by atoms with van der Waals surface area (Å²) in [6.45, 7) is 0.358. The minimum Gasteiger partial charge on any atom is -0.489 e. The summed E-state index contributed by atoms with van der Waals surface area (Å²) in [5.74, 6) is 1.07. The first-order chi connectivity index (χ1) is 7.25. The van der Waals surface area contributed by atoms with Crippen LogP contribution >= 0.6 is 15.9 Å². The molecule has 0 aliphatic rings. The Morgan fingerprint density at radius 2 is 2.07 bits per heavy atom. The van der Waals surface area contributed by atoms with Crippen molar-refractivity contribution in [1.29, 1.82) is 0 Å². The monoisotopic (exact) mass is 268 g/mol.